The molecule has 0 aliphatic heterocycles. The van der Waals surface area contributed by atoms with E-state index in [0.717, 1.165) is 31.2 Å². The first-order valence-electron chi connectivity index (χ1n) is 6.64. The quantitative estimate of drug-likeness (QED) is 0.397. The van der Waals surface area contributed by atoms with E-state index in [4.69, 9.17) is 4.74 Å². The Kier molecular flexibility index (Phi) is 7.43. The predicted molar refractivity (Wildman–Crippen MR) is 77.4 cm³/mol. The number of guanidine groups is 1. The van der Waals surface area contributed by atoms with Crippen LogP contribution in [0.3, 0.4) is 0 Å². The topological polar surface area (TPSA) is 65.9 Å². The minimum Gasteiger partial charge on any atom is -0.508 e. The molecular weight excluding hydrogens is 242 g/mol. The van der Waals surface area contributed by atoms with Gasteiger partial charge in [-0.05, 0) is 31.5 Å². The second kappa shape index (κ2) is 9.22. The Balaban J connectivity index is 2.47. The highest BCUT2D eigenvalue weighted by Gasteiger charge is 1.98. The summed E-state index contributed by atoms with van der Waals surface area (Å²) in [7, 11) is 0. The highest BCUT2D eigenvalue weighted by molar-refractivity contribution is 5.79. The lowest BCUT2D eigenvalue weighted by Crippen LogP contribution is -2.39. The van der Waals surface area contributed by atoms with Gasteiger partial charge in [0.05, 0.1) is 13.2 Å². The normalized spacial score (nSPS) is 11.4. The molecule has 1 rings (SSSR count). The van der Waals surface area contributed by atoms with Crippen molar-refractivity contribution in [3.8, 4) is 5.75 Å². The molecule has 0 atom stereocenters. The maximum absolute atomic E-state index is 9.39. The van der Waals surface area contributed by atoms with Crippen LogP contribution in [0.1, 0.15) is 19.4 Å². The summed E-state index contributed by atoms with van der Waals surface area (Å²) in [6.07, 6.45) is 0. The maximum atomic E-state index is 9.39. The lowest BCUT2D eigenvalue weighted by Gasteiger charge is -2.11. The number of phenolic OH excluding ortho intramolecular Hbond substituents is 1. The first kappa shape index (κ1) is 15.3. The van der Waals surface area contributed by atoms with E-state index in [0.29, 0.717) is 13.2 Å². The summed E-state index contributed by atoms with van der Waals surface area (Å²) < 4.78 is 5.26. The lowest BCUT2D eigenvalue weighted by atomic mass is 10.2. The second-order valence-electron chi connectivity index (χ2n) is 3.99. The number of nitrogens with one attached hydrogen (secondary N) is 2. The van der Waals surface area contributed by atoms with Crippen molar-refractivity contribution in [3.63, 3.8) is 0 Å². The number of benzene rings is 1. The van der Waals surface area contributed by atoms with E-state index >= 15 is 0 Å². The molecule has 0 fully saturated rings. The van der Waals surface area contributed by atoms with Crippen LogP contribution in [-0.4, -0.2) is 37.4 Å². The van der Waals surface area contributed by atoms with E-state index in [1.807, 2.05) is 26.0 Å². The van der Waals surface area contributed by atoms with Crippen molar-refractivity contribution in [2.75, 3.05) is 26.3 Å². The third-order valence-electron chi connectivity index (χ3n) is 2.42. The Morgan fingerprint density at radius 2 is 2.16 bits per heavy atom. The van der Waals surface area contributed by atoms with Gasteiger partial charge in [-0.2, -0.15) is 0 Å². The van der Waals surface area contributed by atoms with Crippen LogP contribution in [0.25, 0.3) is 0 Å². The van der Waals surface area contributed by atoms with Gasteiger partial charge in [0.25, 0.3) is 0 Å². The molecule has 0 saturated carbocycles. The molecule has 3 N–H and O–H groups in total. The number of nitrogens with zero attached hydrogens (tertiary/aromatic N) is 1. The van der Waals surface area contributed by atoms with E-state index in [1.54, 1.807) is 12.1 Å². The number of aromatic hydroxyl groups is 1. The van der Waals surface area contributed by atoms with Crippen molar-refractivity contribution in [3.05, 3.63) is 29.8 Å². The summed E-state index contributed by atoms with van der Waals surface area (Å²) in [5.74, 6) is 1.02. The van der Waals surface area contributed by atoms with E-state index in [1.165, 1.54) is 0 Å². The number of hydrogen-bond donors (Lipinski definition) is 3. The zero-order chi connectivity index (χ0) is 13.9. The summed E-state index contributed by atoms with van der Waals surface area (Å²) in [5, 5.41) is 15.7. The summed E-state index contributed by atoms with van der Waals surface area (Å²) >= 11 is 0. The summed E-state index contributed by atoms with van der Waals surface area (Å²) in [5.41, 5.74) is 0.974. The van der Waals surface area contributed by atoms with Crippen LogP contribution in [0.15, 0.2) is 29.3 Å². The molecule has 0 heterocycles. The summed E-state index contributed by atoms with van der Waals surface area (Å²) in [6.45, 7) is 7.43. The fraction of sp³-hybridized carbons (Fsp3) is 0.500. The van der Waals surface area contributed by atoms with Crippen LogP contribution in [0.2, 0.25) is 0 Å². The second-order valence-corrected chi connectivity index (χ2v) is 3.99. The minimum absolute atomic E-state index is 0.266. The number of phenols is 1. The molecule has 106 valence electrons. The zero-order valence-electron chi connectivity index (χ0n) is 11.6. The number of ether oxygens (including phenoxy) is 1. The molecule has 0 aliphatic carbocycles. The third kappa shape index (κ3) is 6.67. The monoisotopic (exact) mass is 265 g/mol. The van der Waals surface area contributed by atoms with Crippen LogP contribution in [0, 0.1) is 0 Å². The lowest BCUT2D eigenvalue weighted by molar-refractivity contribution is 0.152. The van der Waals surface area contributed by atoms with Crippen LogP contribution in [-0.2, 0) is 11.3 Å². The van der Waals surface area contributed by atoms with Crippen molar-refractivity contribution in [1.29, 1.82) is 0 Å². The maximum Gasteiger partial charge on any atom is 0.191 e. The van der Waals surface area contributed by atoms with Crippen LogP contribution in [0.4, 0.5) is 0 Å². The summed E-state index contributed by atoms with van der Waals surface area (Å²) in [6, 6.07) is 7.12. The molecule has 0 unspecified atom stereocenters. The Morgan fingerprint density at radius 3 is 2.84 bits per heavy atom. The van der Waals surface area contributed by atoms with Gasteiger partial charge in [-0.3, -0.25) is 0 Å². The third-order valence-corrected chi connectivity index (χ3v) is 2.42. The van der Waals surface area contributed by atoms with Crippen molar-refractivity contribution >= 4 is 5.96 Å². The van der Waals surface area contributed by atoms with Crippen molar-refractivity contribution in [2.45, 2.75) is 20.4 Å². The van der Waals surface area contributed by atoms with Gasteiger partial charge in [0, 0.05) is 19.7 Å². The van der Waals surface area contributed by atoms with E-state index in [9.17, 15) is 5.11 Å². The zero-order valence-corrected chi connectivity index (χ0v) is 11.6. The molecule has 19 heavy (non-hydrogen) atoms. The van der Waals surface area contributed by atoms with Gasteiger partial charge >= 0.3 is 0 Å². The molecule has 0 aliphatic rings. The Morgan fingerprint density at radius 1 is 1.32 bits per heavy atom. The number of aliphatic imine (C=N–C) groups is 1. The highest BCUT2D eigenvalue weighted by Crippen LogP contribution is 2.11. The number of hydrogen-bond acceptors (Lipinski definition) is 3. The molecule has 1 aromatic carbocycles. The standard InChI is InChI=1S/C14H23N3O2/c1-3-15-14(16-8-9-19-4-2)17-11-12-6-5-7-13(18)10-12/h5-7,10,18H,3-4,8-9,11H2,1-2H3,(H2,15,16,17). The average Bonchev–Trinajstić information content (AvgIpc) is 2.41. The molecular formula is C14H23N3O2. The highest BCUT2D eigenvalue weighted by atomic mass is 16.5. The summed E-state index contributed by atoms with van der Waals surface area (Å²) in [4.78, 5) is 4.45. The fourth-order valence-electron chi connectivity index (χ4n) is 1.55. The smallest absolute Gasteiger partial charge is 0.191 e. The van der Waals surface area contributed by atoms with E-state index < -0.39 is 0 Å². The van der Waals surface area contributed by atoms with E-state index in [2.05, 4.69) is 15.6 Å². The van der Waals surface area contributed by atoms with Crippen LogP contribution < -0.4 is 10.6 Å². The minimum atomic E-state index is 0.266. The Labute approximate surface area is 114 Å². The number of rotatable bonds is 7. The molecule has 5 nitrogen and oxygen atoms in total. The fourth-order valence-corrected chi connectivity index (χ4v) is 1.55. The van der Waals surface area contributed by atoms with Gasteiger partial charge in [0.1, 0.15) is 5.75 Å². The molecule has 0 bridgehead atoms. The van der Waals surface area contributed by atoms with Crippen LogP contribution >= 0.6 is 0 Å². The molecule has 0 saturated heterocycles. The van der Waals surface area contributed by atoms with Gasteiger partial charge in [-0.1, -0.05) is 12.1 Å². The van der Waals surface area contributed by atoms with Gasteiger partial charge in [-0.25, -0.2) is 4.99 Å². The van der Waals surface area contributed by atoms with Gasteiger partial charge in [0.15, 0.2) is 5.96 Å². The Hall–Kier alpha value is -1.75. The van der Waals surface area contributed by atoms with Gasteiger partial charge in [-0.15, -0.1) is 0 Å². The first-order chi connectivity index (χ1) is 9.26. The van der Waals surface area contributed by atoms with E-state index in [-0.39, 0.29) is 5.75 Å². The van der Waals surface area contributed by atoms with Crippen molar-refractivity contribution in [1.82, 2.24) is 10.6 Å². The molecule has 0 amide bonds. The SMILES string of the molecule is CCNC(=NCc1cccc(O)c1)NCCOCC. The molecule has 0 radical (unpaired) electrons. The van der Waals surface area contributed by atoms with Crippen molar-refractivity contribution in [2.24, 2.45) is 4.99 Å². The van der Waals surface area contributed by atoms with Gasteiger partial charge in [0.2, 0.25) is 0 Å². The Bertz CT molecular complexity index is 394. The van der Waals surface area contributed by atoms with Crippen LogP contribution in [0.5, 0.6) is 5.75 Å². The van der Waals surface area contributed by atoms with Crippen molar-refractivity contribution < 1.29 is 9.84 Å². The average molecular weight is 265 g/mol. The molecule has 0 spiro atoms. The first-order valence-corrected chi connectivity index (χ1v) is 6.64. The largest absolute Gasteiger partial charge is 0.508 e. The molecule has 1 aromatic rings. The molecule has 5 heteroatoms. The van der Waals surface area contributed by atoms with Gasteiger partial charge < -0.3 is 20.5 Å². The molecule has 0 aromatic heterocycles. The predicted octanol–water partition coefficient (Wildman–Crippen LogP) is 1.48.